The molecule has 1 aliphatic rings. The number of nitrogens with one attached hydrogen (secondary N) is 1. The van der Waals surface area contributed by atoms with Gasteiger partial charge in [-0.05, 0) is 18.2 Å². The van der Waals surface area contributed by atoms with Gasteiger partial charge in [-0.3, -0.25) is 0 Å². The van der Waals surface area contributed by atoms with Gasteiger partial charge in [-0.15, -0.1) is 0 Å². The summed E-state index contributed by atoms with van der Waals surface area (Å²) in [5.74, 6) is 0. The predicted molar refractivity (Wildman–Crippen MR) is 50.1 cm³/mol. The summed E-state index contributed by atoms with van der Waals surface area (Å²) in [6.45, 7) is 0.963. The smallest absolute Gasteiger partial charge is 0.185 e. The molecule has 0 spiro atoms. The van der Waals surface area contributed by atoms with Gasteiger partial charge in [-0.25, -0.2) is 4.99 Å². The van der Waals surface area contributed by atoms with Gasteiger partial charge in [-0.2, -0.15) is 0 Å². The third kappa shape index (κ3) is 1.45. The van der Waals surface area contributed by atoms with Crippen LogP contribution < -0.4 is 4.99 Å². The fourth-order valence-corrected chi connectivity index (χ4v) is 1.40. The van der Waals surface area contributed by atoms with Crippen LogP contribution in [-0.2, 0) is 0 Å². The summed E-state index contributed by atoms with van der Waals surface area (Å²) < 4.78 is 0. The first-order valence-corrected chi connectivity index (χ1v) is 4.27. The Labute approximate surface area is 72.5 Å². The molecule has 1 N–H and O–H groups in total. The summed E-state index contributed by atoms with van der Waals surface area (Å²) >= 11 is 0. The topological polar surface area (TPSA) is 14.0 Å². The average Bonchev–Trinajstić information content (AvgIpc) is 2.21. The van der Waals surface area contributed by atoms with Crippen molar-refractivity contribution in [2.24, 2.45) is 0 Å². The minimum absolute atomic E-state index is 0.963. The Bertz CT molecular complexity index is 309. The van der Waals surface area contributed by atoms with Gasteiger partial charge in [0.05, 0.1) is 6.42 Å². The quantitative estimate of drug-likeness (QED) is 0.573. The molecule has 0 radical (unpaired) electrons. The fourth-order valence-electron chi connectivity index (χ4n) is 1.40. The first kappa shape index (κ1) is 7.29. The second-order valence-corrected chi connectivity index (χ2v) is 2.90. The summed E-state index contributed by atoms with van der Waals surface area (Å²) in [7, 11) is 0. The Hall–Kier alpha value is -1.37. The highest BCUT2D eigenvalue weighted by Gasteiger charge is 2.08. The standard InChI is InChI=1S/C11H11N/c1-2-6-10(7-3-1)11-8-4-5-9-12-11/h1-7H,8-9H2/p+1. The molecule has 60 valence electrons. The Morgan fingerprint density at radius 2 is 1.83 bits per heavy atom. The van der Waals surface area contributed by atoms with E-state index in [4.69, 9.17) is 0 Å². The van der Waals surface area contributed by atoms with Crippen molar-refractivity contribution in [3.8, 4) is 0 Å². The van der Waals surface area contributed by atoms with Crippen LogP contribution in [0.5, 0.6) is 0 Å². The van der Waals surface area contributed by atoms with Gasteiger partial charge in [0.15, 0.2) is 12.3 Å². The van der Waals surface area contributed by atoms with Crippen LogP contribution in [0.4, 0.5) is 0 Å². The van der Waals surface area contributed by atoms with Crippen molar-refractivity contribution in [1.29, 1.82) is 0 Å². The minimum Gasteiger partial charge on any atom is -0.241 e. The van der Waals surface area contributed by atoms with Crippen LogP contribution in [-0.4, -0.2) is 12.3 Å². The zero-order valence-corrected chi connectivity index (χ0v) is 6.96. The highest BCUT2D eigenvalue weighted by molar-refractivity contribution is 5.97. The van der Waals surface area contributed by atoms with E-state index in [1.165, 1.54) is 11.3 Å². The van der Waals surface area contributed by atoms with Gasteiger partial charge in [0.2, 0.25) is 0 Å². The Balaban J connectivity index is 2.26. The molecule has 0 saturated heterocycles. The van der Waals surface area contributed by atoms with E-state index in [2.05, 4.69) is 41.4 Å². The highest BCUT2D eigenvalue weighted by atomic mass is 14.7. The Morgan fingerprint density at radius 1 is 1.00 bits per heavy atom. The van der Waals surface area contributed by atoms with E-state index >= 15 is 0 Å². The number of hydrogen-bond donors (Lipinski definition) is 1. The first-order valence-electron chi connectivity index (χ1n) is 4.27. The summed E-state index contributed by atoms with van der Waals surface area (Å²) in [6.07, 6.45) is 5.40. The van der Waals surface area contributed by atoms with Gasteiger partial charge < -0.3 is 0 Å². The van der Waals surface area contributed by atoms with Crippen LogP contribution in [0, 0.1) is 0 Å². The minimum atomic E-state index is 0.963. The Kier molecular flexibility index (Phi) is 2.04. The normalized spacial score (nSPS) is 15.8. The summed E-state index contributed by atoms with van der Waals surface area (Å²) in [5, 5.41) is 0. The lowest BCUT2D eigenvalue weighted by molar-refractivity contribution is -0.446. The summed E-state index contributed by atoms with van der Waals surface area (Å²) in [4.78, 5) is 3.37. The van der Waals surface area contributed by atoms with Crippen LogP contribution in [0.3, 0.4) is 0 Å². The lowest BCUT2D eigenvalue weighted by Crippen LogP contribution is -2.73. The van der Waals surface area contributed by atoms with Crippen molar-refractivity contribution >= 4 is 5.71 Å². The van der Waals surface area contributed by atoms with Crippen molar-refractivity contribution in [2.75, 3.05) is 6.54 Å². The van der Waals surface area contributed by atoms with Crippen molar-refractivity contribution < 1.29 is 4.99 Å². The second-order valence-electron chi connectivity index (χ2n) is 2.90. The molecule has 12 heavy (non-hydrogen) atoms. The largest absolute Gasteiger partial charge is 0.241 e. The molecule has 0 unspecified atom stereocenters. The van der Waals surface area contributed by atoms with Crippen molar-refractivity contribution in [2.45, 2.75) is 6.42 Å². The Morgan fingerprint density at radius 3 is 2.50 bits per heavy atom. The van der Waals surface area contributed by atoms with Crippen molar-refractivity contribution in [3.05, 3.63) is 48.0 Å². The van der Waals surface area contributed by atoms with E-state index in [1.54, 1.807) is 0 Å². The van der Waals surface area contributed by atoms with Crippen LogP contribution in [0.1, 0.15) is 12.0 Å². The molecule has 1 heteroatoms. The molecule has 0 fully saturated rings. The van der Waals surface area contributed by atoms with Crippen LogP contribution in [0.15, 0.2) is 42.5 Å². The molecule has 0 amide bonds. The van der Waals surface area contributed by atoms with Crippen LogP contribution in [0.25, 0.3) is 0 Å². The van der Waals surface area contributed by atoms with E-state index in [1.807, 2.05) is 6.07 Å². The summed E-state index contributed by atoms with van der Waals surface area (Å²) in [5.41, 5.74) is 2.64. The van der Waals surface area contributed by atoms with Gasteiger partial charge >= 0.3 is 0 Å². The molecule has 1 aromatic carbocycles. The van der Waals surface area contributed by atoms with Gasteiger partial charge in [-0.1, -0.05) is 24.3 Å². The number of allylic oxidation sites excluding steroid dienone is 1. The molecule has 1 nitrogen and oxygen atoms in total. The van der Waals surface area contributed by atoms with E-state index in [0.717, 1.165) is 13.0 Å². The molecule has 0 saturated carbocycles. The highest BCUT2D eigenvalue weighted by Crippen LogP contribution is 2.01. The molecule has 0 bridgehead atoms. The zero-order chi connectivity index (χ0) is 8.23. The SMILES string of the molecule is C1=CCC(c2ccccc2)=[NH+]C1. The van der Waals surface area contributed by atoms with Gasteiger partial charge in [0.1, 0.15) is 0 Å². The van der Waals surface area contributed by atoms with E-state index in [9.17, 15) is 0 Å². The third-order valence-corrected chi connectivity index (χ3v) is 2.04. The maximum Gasteiger partial charge on any atom is 0.185 e. The summed E-state index contributed by atoms with van der Waals surface area (Å²) in [6, 6.07) is 10.5. The number of rotatable bonds is 1. The molecule has 1 aliphatic heterocycles. The van der Waals surface area contributed by atoms with Crippen molar-refractivity contribution in [1.82, 2.24) is 0 Å². The lowest BCUT2D eigenvalue weighted by atomic mass is 10.1. The van der Waals surface area contributed by atoms with E-state index in [-0.39, 0.29) is 0 Å². The molecule has 2 rings (SSSR count). The maximum atomic E-state index is 3.37. The molecule has 0 aromatic heterocycles. The fraction of sp³-hybridized carbons (Fsp3) is 0.182. The second kappa shape index (κ2) is 3.35. The molecule has 1 heterocycles. The number of benzene rings is 1. The van der Waals surface area contributed by atoms with Gasteiger partial charge in [0, 0.05) is 5.56 Å². The average molecular weight is 158 g/mol. The monoisotopic (exact) mass is 158 g/mol. The molecule has 0 aliphatic carbocycles. The van der Waals surface area contributed by atoms with Gasteiger partial charge in [0.25, 0.3) is 0 Å². The first-order chi connectivity index (χ1) is 5.97. The van der Waals surface area contributed by atoms with Crippen molar-refractivity contribution in [3.63, 3.8) is 0 Å². The predicted octanol–water partition coefficient (Wildman–Crippen LogP) is 0.516. The lowest BCUT2D eigenvalue weighted by Gasteiger charge is -2.00. The maximum absolute atomic E-state index is 3.37. The van der Waals surface area contributed by atoms with Crippen LogP contribution >= 0.6 is 0 Å². The molecule has 1 aromatic rings. The number of hydrogen-bond acceptors (Lipinski definition) is 0. The van der Waals surface area contributed by atoms with E-state index < -0.39 is 0 Å². The zero-order valence-electron chi connectivity index (χ0n) is 6.96. The molecular formula is C11H12N+. The van der Waals surface area contributed by atoms with E-state index in [0.29, 0.717) is 0 Å². The third-order valence-electron chi connectivity index (χ3n) is 2.04. The molecular weight excluding hydrogens is 146 g/mol. The van der Waals surface area contributed by atoms with Crippen LogP contribution in [0.2, 0.25) is 0 Å². The molecule has 0 atom stereocenters.